The molecule has 1 aromatic rings. The smallest absolute Gasteiger partial charge is 0.257 e. The molecule has 0 atom stereocenters. The van der Waals surface area contributed by atoms with E-state index in [1.807, 2.05) is 0 Å². The van der Waals surface area contributed by atoms with Crippen LogP contribution in [0.2, 0.25) is 0 Å². The molecule has 0 spiro atoms. The van der Waals surface area contributed by atoms with Crippen LogP contribution in [0.15, 0.2) is 17.3 Å². The normalized spacial score (nSPS) is 25.2. The summed E-state index contributed by atoms with van der Waals surface area (Å²) in [6.45, 7) is 2.20. The topological polar surface area (TPSA) is 74.8 Å². The standard InChI is InChI=1S/C12H21N3O2S/c1-2-3-10-4-6-11(7-5-10)15-18(16,17)12-8-9-13-14-12/h8-11,15H,2-7H2,1H3,(H,13,14). The lowest BCUT2D eigenvalue weighted by Crippen LogP contribution is -2.37. The zero-order chi connectivity index (χ0) is 13.0. The number of hydrogen-bond acceptors (Lipinski definition) is 3. The minimum Gasteiger partial charge on any atom is -0.266 e. The Kier molecular flexibility index (Phi) is 4.40. The summed E-state index contributed by atoms with van der Waals surface area (Å²) >= 11 is 0. The second kappa shape index (κ2) is 5.84. The summed E-state index contributed by atoms with van der Waals surface area (Å²) in [5.41, 5.74) is 0. The van der Waals surface area contributed by atoms with Gasteiger partial charge in [0.15, 0.2) is 5.03 Å². The van der Waals surface area contributed by atoms with Crippen molar-refractivity contribution in [3.05, 3.63) is 12.3 Å². The van der Waals surface area contributed by atoms with Crippen molar-refractivity contribution in [3.63, 3.8) is 0 Å². The molecule has 0 unspecified atom stereocenters. The van der Waals surface area contributed by atoms with Crippen LogP contribution >= 0.6 is 0 Å². The average molecular weight is 271 g/mol. The highest BCUT2D eigenvalue weighted by atomic mass is 32.2. The van der Waals surface area contributed by atoms with Gasteiger partial charge in [0, 0.05) is 6.04 Å². The maximum absolute atomic E-state index is 12.0. The summed E-state index contributed by atoms with van der Waals surface area (Å²) in [7, 11) is -3.41. The van der Waals surface area contributed by atoms with Crippen molar-refractivity contribution in [1.82, 2.24) is 14.9 Å². The van der Waals surface area contributed by atoms with Crippen molar-refractivity contribution in [2.75, 3.05) is 0 Å². The van der Waals surface area contributed by atoms with Crippen LogP contribution in [0.25, 0.3) is 0 Å². The monoisotopic (exact) mass is 271 g/mol. The third-order valence-electron chi connectivity index (χ3n) is 3.63. The molecule has 0 aromatic carbocycles. The van der Waals surface area contributed by atoms with Gasteiger partial charge in [-0.1, -0.05) is 19.8 Å². The van der Waals surface area contributed by atoms with Gasteiger partial charge in [0.25, 0.3) is 10.0 Å². The lowest BCUT2D eigenvalue weighted by molar-refractivity contribution is 0.297. The summed E-state index contributed by atoms with van der Waals surface area (Å²) in [5.74, 6) is 0.780. The zero-order valence-corrected chi connectivity index (χ0v) is 11.5. The van der Waals surface area contributed by atoms with Crippen molar-refractivity contribution in [1.29, 1.82) is 0 Å². The van der Waals surface area contributed by atoms with Gasteiger partial charge in [-0.05, 0) is 37.7 Å². The van der Waals surface area contributed by atoms with Crippen LogP contribution in [0.3, 0.4) is 0 Å². The van der Waals surface area contributed by atoms with Gasteiger partial charge in [0.1, 0.15) is 0 Å². The quantitative estimate of drug-likeness (QED) is 0.860. The predicted molar refractivity (Wildman–Crippen MR) is 69.6 cm³/mol. The predicted octanol–water partition coefficient (Wildman–Crippen LogP) is 2.05. The number of rotatable bonds is 5. The van der Waals surface area contributed by atoms with Crippen molar-refractivity contribution in [3.8, 4) is 0 Å². The number of hydrogen-bond donors (Lipinski definition) is 2. The second-order valence-electron chi connectivity index (χ2n) is 5.05. The van der Waals surface area contributed by atoms with Gasteiger partial charge in [0.05, 0.1) is 6.20 Å². The molecule has 6 heteroatoms. The molecule has 1 saturated carbocycles. The summed E-state index contributed by atoms with van der Waals surface area (Å²) < 4.78 is 26.7. The van der Waals surface area contributed by atoms with Crippen LogP contribution in [0, 0.1) is 5.92 Å². The van der Waals surface area contributed by atoms with E-state index in [1.54, 1.807) is 0 Å². The Balaban J connectivity index is 1.88. The number of aromatic amines is 1. The lowest BCUT2D eigenvalue weighted by Gasteiger charge is -2.28. The minimum absolute atomic E-state index is 0.0754. The minimum atomic E-state index is -3.41. The highest BCUT2D eigenvalue weighted by Crippen LogP contribution is 2.28. The maximum atomic E-state index is 12.0. The van der Waals surface area contributed by atoms with Crippen LogP contribution in [-0.2, 0) is 10.0 Å². The van der Waals surface area contributed by atoms with E-state index in [9.17, 15) is 8.42 Å². The Morgan fingerprint density at radius 2 is 2.11 bits per heavy atom. The van der Waals surface area contributed by atoms with Gasteiger partial charge in [-0.15, -0.1) is 0 Å². The molecule has 18 heavy (non-hydrogen) atoms. The van der Waals surface area contributed by atoms with Gasteiger partial charge in [-0.3, -0.25) is 5.10 Å². The fraction of sp³-hybridized carbons (Fsp3) is 0.750. The lowest BCUT2D eigenvalue weighted by atomic mass is 9.84. The molecule has 102 valence electrons. The summed E-state index contributed by atoms with van der Waals surface area (Å²) in [6, 6.07) is 1.55. The highest BCUT2D eigenvalue weighted by molar-refractivity contribution is 7.89. The third-order valence-corrected chi connectivity index (χ3v) is 5.08. The van der Waals surface area contributed by atoms with E-state index in [4.69, 9.17) is 0 Å². The molecule has 1 aliphatic rings. The summed E-state index contributed by atoms with van der Waals surface area (Å²) in [4.78, 5) is 0. The molecule has 0 radical (unpaired) electrons. The van der Waals surface area contributed by atoms with Gasteiger partial charge in [-0.2, -0.15) is 5.10 Å². The number of H-pyrrole nitrogens is 1. The number of sulfonamides is 1. The Hall–Kier alpha value is -0.880. The maximum Gasteiger partial charge on any atom is 0.257 e. The van der Waals surface area contributed by atoms with Crippen molar-refractivity contribution in [2.24, 2.45) is 5.92 Å². The molecule has 0 amide bonds. The fourth-order valence-corrected chi connectivity index (χ4v) is 3.87. The fourth-order valence-electron chi connectivity index (χ4n) is 2.65. The Labute approximate surface area is 108 Å². The Morgan fingerprint density at radius 1 is 1.39 bits per heavy atom. The van der Waals surface area contributed by atoms with E-state index in [0.717, 1.165) is 31.6 Å². The molecule has 0 saturated heterocycles. The molecular formula is C12H21N3O2S. The zero-order valence-electron chi connectivity index (χ0n) is 10.7. The molecule has 1 aromatic heterocycles. The first-order chi connectivity index (χ1) is 8.62. The van der Waals surface area contributed by atoms with E-state index in [2.05, 4.69) is 21.8 Å². The Bertz CT molecular complexity index is 448. The van der Waals surface area contributed by atoms with Crippen molar-refractivity contribution < 1.29 is 8.42 Å². The summed E-state index contributed by atoms with van der Waals surface area (Å²) in [5, 5.41) is 6.32. The molecule has 2 rings (SSSR count). The molecule has 2 N–H and O–H groups in total. The summed E-state index contributed by atoms with van der Waals surface area (Å²) in [6.07, 6.45) is 8.08. The molecular weight excluding hydrogens is 250 g/mol. The first kappa shape index (κ1) is 13.5. The van der Waals surface area contributed by atoms with Crippen LogP contribution in [-0.4, -0.2) is 24.7 Å². The van der Waals surface area contributed by atoms with E-state index < -0.39 is 10.0 Å². The first-order valence-corrected chi connectivity index (χ1v) is 8.12. The molecule has 0 aliphatic heterocycles. The number of nitrogens with one attached hydrogen (secondary N) is 2. The van der Waals surface area contributed by atoms with E-state index >= 15 is 0 Å². The van der Waals surface area contributed by atoms with Crippen LogP contribution in [0.4, 0.5) is 0 Å². The molecule has 1 fully saturated rings. The van der Waals surface area contributed by atoms with Crippen LogP contribution in [0.1, 0.15) is 45.4 Å². The largest absolute Gasteiger partial charge is 0.266 e. The average Bonchev–Trinajstić information content (AvgIpc) is 2.86. The van der Waals surface area contributed by atoms with Gasteiger partial charge < -0.3 is 0 Å². The van der Waals surface area contributed by atoms with Crippen LogP contribution < -0.4 is 4.72 Å². The van der Waals surface area contributed by atoms with E-state index in [1.165, 1.54) is 25.1 Å². The number of aromatic nitrogens is 2. The second-order valence-corrected chi connectivity index (χ2v) is 6.73. The highest BCUT2D eigenvalue weighted by Gasteiger charge is 2.25. The number of nitrogens with zero attached hydrogens (tertiary/aromatic N) is 1. The van der Waals surface area contributed by atoms with Crippen molar-refractivity contribution >= 4 is 10.0 Å². The molecule has 1 heterocycles. The first-order valence-electron chi connectivity index (χ1n) is 6.63. The van der Waals surface area contributed by atoms with Gasteiger partial charge >= 0.3 is 0 Å². The molecule has 5 nitrogen and oxygen atoms in total. The molecule has 0 bridgehead atoms. The van der Waals surface area contributed by atoms with E-state index in [0.29, 0.717) is 0 Å². The van der Waals surface area contributed by atoms with Crippen LogP contribution in [0.5, 0.6) is 0 Å². The SMILES string of the molecule is CCCC1CCC(NS(=O)(=O)c2ccn[nH]2)CC1. The molecule has 1 aliphatic carbocycles. The van der Waals surface area contributed by atoms with Gasteiger partial charge in [-0.25, -0.2) is 13.1 Å². The van der Waals surface area contributed by atoms with Gasteiger partial charge in [0.2, 0.25) is 0 Å². The van der Waals surface area contributed by atoms with Crippen molar-refractivity contribution in [2.45, 2.75) is 56.5 Å². The Morgan fingerprint density at radius 3 is 2.67 bits per heavy atom. The van der Waals surface area contributed by atoms with E-state index in [-0.39, 0.29) is 11.1 Å². The third kappa shape index (κ3) is 3.32.